The van der Waals surface area contributed by atoms with Crippen molar-refractivity contribution in [1.82, 2.24) is 0 Å². The number of hydrogen-bond acceptors (Lipinski definition) is 1. The molecule has 1 N–H and O–H groups in total. The first-order valence-electron chi connectivity index (χ1n) is 9.06. The van der Waals surface area contributed by atoms with Crippen LogP contribution in [0.25, 0.3) is 0 Å². The highest BCUT2D eigenvalue weighted by molar-refractivity contribution is 5.86. The van der Waals surface area contributed by atoms with Gasteiger partial charge in [-0.05, 0) is 17.5 Å². The molecule has 2 aromatic rings. The predicted octanol–water partition coefficient (Wildman–Crippen LogP) is 5.81. The van der Waals surface area contributed by atoms with Gasteiger partial charge in [0.05, 0.1) is 0 Å². The zero-order valence-corrected chi connectivity index (χ0v) is 14.6. The number of benzene rings is 2. The molecule has 0 unspecified atom stereocenters. The molecule has 24 heavy (non-hydrogen) atoms. The molecule has 2 nitrogen and oxygen atoms in total. The zero-order chi connectivity index (χ0) is 17.3. The average Bonchev–Trinajstić information content (AvgIpc) is 2.62. The third-order valence-corrected chi connectivity index (χ3v) is 4.80. The fraction of sp³-hybridized carbons (Fsp3) is 0.409. The van der Waals surface area contributed by atoms with E-state index in [1.807, 2.05) is 60.7 Å². The van der Waals surface area contributed by atoms with Crippen LogP contribution in [0.2, 0.25) is 0 Å². The van der Waals surface area contributed by atoms with Crippen LogP contribution >= 0.6 is 0 Å². The summed E-state index contributed by atoms with van der Waals surface area (Å²) in [5.74, 6) is -0.756. The molecule has 2 aromatic carbocycles. The molecule has 0 heterocycles. The van der Waals surface area contributed by atoms with Crippen LogP contribution in [-0.2, 0) is 10.2 Å². The van der Waals surface area contributed by atoms with E-state index in [-0.39, 0.29) is 0 Å². The van der Waals surface area contributed by atoms with Gasteiger partial charge in [-0.2, -0.15) is 0 Å². The molecule has 0 aliphatic heterocycles. The average molecular weight is 324 g/mol. The van der Waals surface area contributed by atoms with Gasteiger partial charge in [0.2, 0.25) is 0 Å². The number of aliphatic carboxylic acids is 1. The molecule has 0 aromatic heterocycles. The number of carbonyl (C=O) groups is 1. The van der Waals surface area contributed by atoms with Crippen molar-refractivity contribution >= 4 is 5.97 Å². The van der Waals surface area contributed by atoms with E-state index < -0.39 is 11.4 Å². The molecule has 0 saturated carbocycles. The lowest BCUT2D eigenvalue weighted by molar-refractivity contribution is -0.142. The Morgan fingerprint density at radius 3 is 1.71 bits per heavy atom. The van der Waals surface area contributed by atoms with E-state index in [9.17, 15) is 9.90 Å². The third-order valence-electron chi connectivity index (χ3n) is 4.80. The summed E-state index contributed by atoms with van der Waals surface area (Å²) in [6.45, 7) is 2.21. The molecule has 0 aliphatic rings. The maximum absolute atomic E-state index is 12.4. The minimum atomic E-state index is -0.951. The molecular weight excluding hydrogens is 296 g/mol. The molecule has 0 radical (unpaired) electrons. The van der Waals surface area contributed by atoms with E-state index >= 15 is 0 Å². The van der Waals surface area contributed by atoms with Crippen molar-refractivity contribution in [1.29, 1.82) is 0 Å². The van der Waals surface area contributed by atoms with E-state index in [4.69, 9.17) is 0 Å². The quantitative estimate of drug-likeness (QED) is 0.560. The summed E-state index contributed by atoms with van der Waals surface area (Å²) in [7, 11) is 0. The minimum Gasteiger partial charge on any atom is -0.480 e. The van der Waals surface area contributed by atoms with Gasteiger partial charge in [0.15, 0.2) is 0 Å². The van der Waals surface area contributed by atoms with Crippen molar-refractivity contribution in [2.75, 3.05) is 0 Å². The Bertz CT molecular complexity index is 565. The first kappa shape index (κ1) is 18.3. The fourth-order valence-corrected chi connectivity index (χ4v) is 3.43. The second kappa shape index (κ2) is 9.27. The highest BCUT2D eigenvalue weighted by Gasteiger charge is 2.41. The SMILES string of the molecule is CCCCCCCCC(C(=O)O)(c1ccccc1)c1ccccc1. The zero-order valence-electron chi connectivity index (χ0n) is 14.6. The van der Waals surface area contributed by atoms with Gasteiger partial charge < -0.3 is 5.11 Å². The lowest BCUT2D eigenvalue weighted by atomic mass is 9.71. The maximum Gasteiger partial charge on any atom is 0.318 e. The molecule has 2 rings (SSSR count). The standard InChI is InChI=1S/C22H28O2/c1-2-3-4-5-6-13-18-22(21(23)24,19-14-9-7-10-15-19)20-16-11-8-12-17-20/h7-12,14-17H,2-6,13,18H2,1H3,(H,23,24). The number of rotatable bonds is 10. The van der Waals surface area contributed by atoms with Crippen LogP contribution in [0.1, 0.15) is 63.0 Å². The Morgan fingerprint density at radius 2 is 1.25 bits per heavy atom. The third kappa shape index (κ3) is 4.25. The van der Waals surface area contributed by atoms with Crippen LogP contribution in [0.5, 0.6) is 0 Å². The molecule has 0 spiro atoms. The second-order valence-electron chi connectivity index (χ2n) is 6.46. The monoisotopic (exact) mass is 324 g/mol. The normalized spacial score (nSPS) is 11.4. The number of unbranched alkanes of at least 4 members (excludes halogenated alkanes) is 5. The van der Waals surface area contributed by atoms with Crippen LogP contribution in [-0.4, -0.2) is 11.1 Å². The second-order valence-corrected chi connectivity index (χ2v) is 6.46. The molecule has 0 saturated heterocycles. The molecule has 2 heteroatoms. The van der Waals surface area contributed by atoms with Crippen molar-refractivity contribution in [3.05, 3.63) is 71.8 Å². The Hall–Kier alpha value is -2.09. The Morgan fingerprint density at radius 1 is 0.792 bits per heavy atom. The largest absolute Gasteiger partial charge is 0.480 e. The van der Waals surface area contributed by atoms with Crippen LogP contribution in [0, 0.1) is 0 Å². The number of carboxylic acids is 1. The topological polar surface area (TPSA) is 37.3 Å². The number of hydrogen-bond donors (Lipinski definition) is 1. The fourth-order valence-electron chi connectivity index (χ4n) is 3.43. The van der Waals surface area contributed by atoms with Gasteiger partial charge in [0, 0.05) is 0 Å². The van der Waals surface area contributed by atoms with Crippen molar-refractivity contribution in [3.63, 3.8) is 0 Å². The Kier molecular flexibility index (Phi) is 7.05. The van der Waals surface area contributed by atoms with Gasteiger partial charge in [0.25, 0.3) is 0 Å². The van der Waals surface area contributed by atoms with Gasteiger partial charge in [-0.15, -0.1) is 0 Å². The Balaban J connectivity index is 2.25. The van der Waals surface area contributed by atoms with Gasteiger partial charge >= 0.3 is 5.97 Å². The van der Waals surface area contributed by atoms with Gasteiger partial charge in [0.1, 0.15) is 5.41 Å². The maximum atomic E-state index is 12.4. The minimum absolute atomic E-state index is 0.641. The molecule has 0 aliphatic carbocycles. The van der Waals surface area contributed by atoms with E-state index in [2.05, 4.69) is 6.92 Å². The van der Waals surface area contributed by atoms with Crippen LogP contribution in [0.15, 0.2) is 60.7 Å². The van der Waals surface area contributed by atoms with Crippen molar-refractivity contribution in [2.45, 2.75) is 57.3 Å². The number of carboxylic acid groups (broad SMARTS) is 1. The summed E-state index contributed by atoms with van der Waals surface area (Å²) >= 11 is 0. The van der Waals surface area contributed by atoms with Gasteiger partial charge in [-0.25, -0.2) is 0 Å². The molecular formula is C22H28O2. The van der Waals surface area contributed by atoms with Gasteiger partial charge in [-0.1, -0.05) is 106 Å². The summed E-state index contributed by atoms with van der Waals surface area (Å²) in [6.07, 6.45) is 7.59. The van der Waals surface area contributed by atoms with E-state index in [0.717, 1.165) is 24.0 Å². The Labute approximate surface area is 145 Å². The van der Waals surface area contributed by atoms with Crippen molar-refractivity contribution in [3.8, 4) is 0 Å². The predicted molar refractivity (Wildman–Crippen MR) is 99.3 cm³/mol. The highest BCUT2D eigenvalue weighted by Crippen LogP contribution is 2.37. The summed E-state index contributed by atoms with van der Waals surface area (Å²) in [6, 6.07) is 19.4. The molecule has 0 amide bonds. The van der Waals surface area contributed by atoms with E-state index in [0.29, 0.717) is 6.42 Å². The van der Waals surface area contributed by atoms with E-state index in [1.54, 1.807) is 0 Å². The highest BCUT2D eigenvalue weighted by atomic mass is 16.4. The molecule has 0 bridgehead atoms. The lowest BCUT2D eigenvalue weighted by Crippen LogP contribution is -2.37. The van der Waals surface area contributed by atoms with E-state index in [1.165, 1.54) is 25.7 Å². The first-order valence-corrected chi connectivity index (χ1v) is 9.06. The summed E-state index contributed by atoms with van der Waals surface area (Å²) in [4.78, 5) is 12.4. The van der Waals surface area contributed by atoms with Crippen LogP contribution in [0.3, 0.4) is 0 Å². The van der Waals surface area contributed by atoms with Gasteiger partial charge in [-0.3, -0.25) is 4.79 Å². The molecule has 0 fully saturated rings. The molecule has 0 atom stereocenters. The van der Waals surface area contributed by atoms with Crippen LogP contribution < -0.4 is 0 Å². The summed E-state index contributed by atoms with van der Waals surface area (Å²) in [5, 5.41) is 10.2. The first-order chi connectivity index (χ1) is 11.7. The van der Waals surface area contributed by atoms with Crippen molar-refractivity contribution in [2.24, 2.45) is 0 Å². The molecule has 128 valence electrons. The van der Waals surface area contributed by atoms with Crippen molar-refractivity contribution < 1.29 is 9.90 Å². The lowest BCUT2D eigenvalue weighted by Gasteiger charge is -2.31. The summed E-state index contributed by atoms with van der Waals surface area (Å²) < 4.78 is 0. The summed E-state index contributed by atoms with van der Waals surface area (Å²) in [5.41, 5.74) is 0.794. The smallest absolute Gasteiger partial charge is 0.318 e. The van der Waals surface area contributed by atoms with Crippen LogP contribution in [0.4, 0.5) is 0 Å².